The number of methoxy groups -OCH3 is 1. The Morgan fingerprint density at radius 2 is 1.86 bits per heavy atom. The van der Waals surface area contributed by atoms with E-state index >= 15 is 0 Å². The van der Waals surface area contributed by atoms with Crippen LogP contribution in [0.25, 0.3) is 0 Å². The van der Waals surface area contributed by atoms with E-state index in [0.717, 1.165) is 17.3 Å². The molecule has 0 aliphatic carbocycles. The molecule has 1 aromatic heterocycles. The van der Waals surface area contributed by atoms with E-state index in [1.165, 1.54) is 47.4 Å². The monoisotopic (exact) mass is 480 g/mol. The first kappa shape index (κ1) is 24.3. The molecule has 0 bridgehead atoms. The molecule has 9 heteroatoms. The summed E-state index contributed by atoms with van der Waals surface area (Å²) in [6.45, 7) is 0.0644. The number of carbonyl (C=O) groups is 2. The van der Waals surface area contributed by atoms with Gasteiger partial charge >= 0.3 is 0 Å². The van der Waals surface area contributed by atoms with E-state index in [0.29, 0.717) is 12.1 Å². The summed E-state index contributed by atoms with van der Waals surface area (Å²) in [6.07, 6.45) is 2.32. The van der Waals surface area contributed by atoms with Crippen molar-refractivity contribution < 1.29 is 23.1 Å². The van der Waals surface area contributed by atoms with Crippen molar-refractivity contribution in [2.45, 2.75) is 12.5 Å². The smallest absolute Gasteiger partial charge is 0.262 e. The number of rotatable bonds is 8. The Kier molecular flexibility index (Phi) is 7.36. The Morgan fingerprint density at radius 3 is 2.51 bits per heavy atom. The minimum atomic E-state index is -0.540. The van der Waals surface area contributed by atoms with E-state index in [2.05, 4.69) is 5.10 Å². The second-order valence-corrected chi connectivity index (χ2v) is 8.29. The van der Waals surface area contributed by atoms with Crippen LogP contribution in [0.1, 0.15) is 34.1 Å². The maximum absolute atomic E-state index is 13.7. The highest BCUT2D eigenvalue weighted by Crippen LogP contribution is 2.33. The Balaban J connectivity index is 1.62. The van der Waals surface area contributed by atoms with E-state index in [-0.39, 0.29) is 31.1 Å². The van der Waals surface area contributed by atoms with Gasteiger partial charge in [-0.2, -0.15) is 5.10 Å². The predicted octanol–water partition coefficient (Wildman–Crippen LogP) is 3.77. The van der Waals surface area contributed by atoms with Gasteiger partial charge in [-0.3, -0.25) is 9.59 Å². The van der Waals surface area contributed by atoms with Crippen LogP contribution >= 0.6 is 0 Å². The highest BCUT2D eigenvalue weighted by Gasteiger charge is 2.35. The van der Waals surface area contributed by atoms with Crippen LogP contribution in [-0.4, -0.2) is 58.8 Å². The van der Waals surface area contributed by atoms with Gasteiger partial charge in [0.1, 0.15) is 18.2 Å². The molecule has 35 heavy (non-hydrogen) atoms. The van der Waals surface area contributed by atoms with Crippen molar-refractivity contribution in [2.75, 3.05) is 26.8 Å². The maximum atomic E-state index is 13.7. The highest BCUT2D eigenvalue weighted by atomic mass is 19.1. The molecule has 0 fully saturated rings. The molecule has 2 amide bonds. The minimum Gasteiger partial charge on any atom is -0.383 e. The maximum Gasteiger partial charge on any atom is 0.262 e. The topological polar surface area (TPSA) is 67.1 Å². The number of hydrazone groups is 1. The van der Waals surface area contributed by atoms with Gasteiger partial charge in [-0.05, 0) is 48.0 Å². The third-order valence-corrected chi connectivity index (χ3v) is 5.91. The second kappa shape index (κ2) is 10.6. The molecule has 0 unspecified atom stereocenters. The first-order valence-corrected chi connectivity index (χ1v) is 11.2. The molecular formula is C26H26F2N4O3. The molecule has 1 atom stereocenters. The third kappa shape index (κ3) is 5.46. The van der Waals surface area contributed by atoms with Gasteiger partial charge < -0.3 is 14.2 Å². The zero-order valence-corrected chi connectivity index (χ0v) is 19.5. The molecule has 0 saturated heterocycles. The van der Waals surface area contributed by atoms with Crippen molar-refractivity contribution in [3.05, 3.63) is 95.3 Å². The van der Waals surface area contributed by atoms with Crippen LogP contribution < -0.4 is 0 Å². The number of hydrogen-bond donors (Lipinski definition) is 0. The number of ether oxygens (including phenoxy) is 1. The fraction of sp³-hybridized carbons (Fsp3) is 0.269. The van der Waals surface area contributed by atoms with Gasteiger partial charge in [0, 0.05) is 38.9 Å². The lowest BCUT2D eigenvalue weighted by molar-refractivity contribution is -0.133. The van der Waals surface area contributed by atoms with Crippen LogP contribution in [0.3, 0.4) is 0 Å². The van der Waals surface area contributed by atoms with Crippen molar-refractivity contribution >= 4 is 17.5 Å². The summed E-state index contributed by atoms with van der Waals surface area (Å²) in [7, 11) is 3.38. The van der Waals surface area contributed by atoms with Gasteiger partial charge in [0.25, 0.3) is 11.8 Å². The minimum absolute atomic E-state index is 0.137. The van der Waals surface area contributed by atoms with E-state index in [1.54, 1.807) is 12.1 Å². The van der Waals surface area contributed by atoms with E-state index in [1.807, 2.05) is 29.9 Å². The highest BCUT2D eigenvalue weighted by molar-refractivity contribution is 6.02. The number of aryl methyl sites for hydroxylation is 1. The van der Waals surface area contributed by atoms with E-state index in [9.17, 15) is 18.4 Å². The number of hydrogen-bond acceptors (Lipinski definition) is 4. The number of aromatic nitrogens is 1. The molecule has 0 spiro atoms. The van der Waals surface area contributed by atoms with Crippen molar-refractivity contribution in [1.82, 2.24) is 14.5 Å². The quantitative estimate of drug-likeness (QED) is 0.493. The number of carbonyl (C=O) groups excluding carboxylic acids is 2. The first-order valence-electron chi connectivity index (χ1n) is 11.2. The lowest BCUT2D eigenvalue weighted by Gasteiger charge is -2.27. The number of amides is 2. The summed E-state index contributed by atoms with van der Waals surface area (Å²) >= 11 is 0. The summed E-state index contributed by atoms with van der Waals surface area (Å²) < 4.78 is 34.3. The summed E-state index contributed by atoms with van der Waals surface area (Å²) in [5, 5.41) is 5.96. The summed E-state index contributed by atoms with van der Waals surface area (Å²) in [4.78, 5) is 27.9. The van der Waals surface area contributed by atoms with Crippen molar-refractivity contribution in [3.8, 4) is 0 Å². The van der Waals surface area contributed by atoms with Crippen molar-refractivity contribution in [1.29, 1.82) is 0 Å². The van der Waals surface area contributed by atoms with E-state index in [4.69, 9.17) is 4.74 Å². The van der Waals surface area contributed by atoms with Crippen LogP contribution in [0.4, 0.5) is 8.78 Å². The molecule has 4 rings (SSSR count). The second-order valence-electron chi connectivity index (χ2n) is 8.29. The van der Waals surface area contributed by atoms with Crippen LogP contribution in [0.15, 0.2) is 72.0 Å². The van der Waals surface area contributed by atoms with Gasteiger partial charge in [0.15, 0.2) is 0 Å². The van der Waals surface area contributed by atoms with Gasteiger partial charge in [-0.25, -0.2) is 13.8 Å². The molecule has 1 aliphatic heterocycles. The largest absolute Gasteiger partial charge is 0.383 e. The fourth-order valence-electron chi connectivity index (χ4n) is 4.09. The third-order valence-electron chi connectivity index (χ3n) is 5.91. The SMILES string of the molecule is COCCN(CC(=O)N1N=C(c2cccn2C)C[C@@H]1c1ccc(F)cc1)C(=O)c1cccc(F)c1. The van der Waals surface area contributed by atoms with Crippen LogP contribution in [0, 0.1) is 11.6 Å². The van der Waals surface area contributed by atoms with Gasteiger partial charge in [0.05, 0.1) is 24.1 Å². The van der Waals surface area contributed by atoms with Gasteiger partial charge in [-0.15, -0.1) is 0 Å². The number of nitrogens with zero attached hydrogens (tertiary/aromatic N) is 4. The van der Waals surface area contributed by atoms with Crippen LogP contribution in [-0.2, 0) is 16.6 Å². The first-order chi connectivity index (χ1) is 16.9. The molecule has 2 aromatic carbocycles. The fourth-order valence-corrected chi connectivity index (χ4v) is 4.09. The summed E-state index contributed by atoms with van der Waals surface area (Å²) in [5.74, 6) is -1.82. The molecule has 0 N–H and O–H groups in total. The van der Waals surface area contributed by atoms with E-state index < -0.39 is 23.7 Å². The van der Waals surface area contributed by atoms with Gasteiger partial charge in [-0.1, -0.05) is 18.2 Å². The predicted molar refractivity (Wildman–Crippen MR) is 127 cm³/mol. The molecule has 1 aliphatic rings. The summed E-state index contributed by atoms with van der Waals surface area (Å²) in [5.41, 5.74) is 2.44. The Morgan fingerprint density at radius 1 is 1.09 bits per heavy atom. The molecule has 0 radical (unpaired) electrons. The number of halogens is 2. The van der Waals surface area contributed by atoms with Crippen LogP contribution in [0.2, 0.25) is 0 Å². The Hall–Kier alpha value is -3.85. The summed E-state index contributed by atoms with van der Waals surface area (Å²) in [6, 6.07) is 14.6. The average molecular weight is 481 g/mol. The lowest BCUT2D eigenvalue weighted by Crippen LogP contribution is -2.42. The zero-order valence-electron chi connectivity index (χ0n) is 19.5. The van der Waals surface area contributed by atoms with Gasteiger partial charge in [0.2, 0.25) is 0 Å². The Bertz CT molecular complexity index is 1240. The average Bonchev–Trinajstić information content (AvgIpc) is 3.48. The molecular weight excluding hydrogens is 454 g/mol. The molecule has 7 nitrogen and oxygen atoms in total. The molecule has 2 heterocycles. The zero-order chi connectivity index (χ0) is 24.9. The molecule has 0 saturated carbocycles. The van der Waals surface area contributed by atoms with Crippen molar-refractivity contribution in [2.24, 2.45) is 12.1 Å². The Labute approximate surface area is 202 Å². The molecule has 182 valence electrons. The van der Waals surface area contributed by atoms with Crippen molar-refractivity contribution in [3.63, 3.8) is 0 Å². The lowest BCUT2D eigenvalue weighted by atomic mass is 10.0. The number of benzene rings is 2. The van der Waals surface area contributed by atoms with Crippen LogP contribution in [0.5, 0.6) is 0 Å². The standard InChI is InChI=1S/C26H26F2N4O3/c1-30-12-4-7-23(30)22-16-24(18-8-10-20(27)11-9-18)32(29-22)25(33)17-31(13-14-35-2)26(34)19-5-3-6-21(28)15-19/h3-12,15,24H,13-14,16-17H2,1-2H3/t24-/m1/s1. The molecule has 3 aromatic rings. The normalized spacial score (nSPS) is 15.3.